The largest absolute Gasteiger partial charge is 0.378 e. The van der Waals surface area contributed by atoms with E-state index in [1.54, 1.807) is 4.68 Å². The van der Waals surface area contributed by atoms with Crippen molar-refractivity contribution in [2.45, 2.75) is 20.4 Å². The Balaban J connectivity index is 1.76. The van der Waals surface area contributed by atoms with Crippen LogP contribution in [0.3, 0.4) is 0 Å². The van der Waals surface area contributed by atoms with Gasteiger partial charge in [0.05, 0.1) is 51.9 Å². The lowest BCUT2D eigenvalue weighted by Gasteiger charge is -2.07. The highest BCUT2D eigenvalue weighted by Crippen LogP contribution is 1.89. The molecule has 1 N–H and O–H groups in total. The molecule has 0 aliphatic heterocycles. The fourth-order valence-electron chi connectivity index (χ4n) is 1.53. The fourth-order valence-corrected chi connectivity index (χ4v) is 1.53. The highest BCUT2D eigenvalue weighted by molar-refractivity contribution is 4.86. The number of aryl methyl sites for hydroxylation is 1. The maximum Gasteiger partial charge on any atom is 0.0796 e. The number of ether oxygens (including phenoxy) is 3. The first kappa shape index (κ1) is 17.0. The summed E-state index contributed by atoms with van der Waals surface area (Å²) >= 11 is 0. The standard InChI is InChI=1S/C13H26N4O3/c1-3-14-4-6-18-8-10-20-11-9-19-7-5-17-12-13(2)15-16-17/h12,14H,3-11H2,1-2H3. The SMILES string of the molecule is CCNCCOCCOCCOCCn1cc(C)nn1. The van der Waals surface area contributed by atoms with Crippen molar-refractivity contribution in [1.29, 1.82) is 0 Å². The normalized spacial score (nSPS) is 11.1. The molecule has 0 unspecified atom stereocenters. The van der Waals surface area contributed by atoms with E-state index < -0.39 is 0 Å². The summed E-state index contributed by atoms with van der Waals surface area (Å²) in [6.07, 6.45) is 1.89. The number of hydrogen-bond acceptors (Lipinski definition) is 6. The number of rotatable bonds is 13. The number of aromatic nitrogens is 3. The van der Waals surface area contributed by atoms with E-state index >= 15 is 0 Å². The monoisotopic (exact) mass is 286 g/mol. The van der Waals surface area contributed by atoms with E-state index in [4.69, 9.17) is 14.2 Å². The van der Waals surface area contributed by atoms with E-state index in [9.17, 15) is 0 Å². The Morgan fingerprint density at radius 1 is 1.05 bits per heavy atom. The summed E-state index contributed by atoms with van der Waals surface area (Å²) in [5, 5.41) is 11.0. The number of likely N-dealkylation sites (N-methyl/N-ethyl adjacent to an activating group) is 1. The van der Waals surface area contributed by atoms with Crippen LogP contribution in [0.1, 0.15) is 12.6 Å². The van der Waals surface area contributed by atoms with Crippen LogP contribution in [-0.4, -0.2) is 67.7 Å². The van der Waals surface area contributed by atoms with Gasteiger partial charge in [-0.2, -0.15) is 0 Å². The van der Waals surface area contributed by atoms with Crippen LogP contribution in [-0.2, 0) is 20.8 Å². The summed E-state index contributed by atoms with van der Waals surface area (Å²) in [5.41, 5.74) is 0.919. The van der Waals surface area contributed by atoms with Gasteiger partial charge in [-0.15, -0.1) is 5.10 Å². The van der Waals surface area contributed by atoms with Gasteiger partial charge in [-0.1, -0.05) is 12.1 Å². The number of nitrogens with one attached hydrogen (secondary N) is 1. The second kappa shape index (κ2) is 11.8. The molecule has 0 fully saturated rings. The lowest BCUT2D eigenvalue weighted by Crippen LogP contribution is -2.20. The van der Waals surface area contributed by atoms with Gasteiger partial charge in [-0.25, -0.2) is 4.68 Å². The van der Waals surface area contributed by atoms with Gasteiger partial charge in [0, 0.05) is 12.7 Å². The van der Waals surface area contributed by atoms with Gasteiger partial charge < -0.3 is 19.5 Å². The molecule has 0 saturated heterocycles. The van der Waals surface area contributed by atoms with Crippen LogP contribution in [0.25, 0.3) is 0 Å². The molecule has 20 heavy (non-hydrogen) atoms. The predicted octanol–water partition coefficient (Wildman–Crippen LogP) is 0.246. The topological polar surface area (TPSA) is 70.4 Å². The highest BCUT2D eigenvalue weighted by atomic mass is 16.5. The summed E-state index contributed by atoms with van der Waals surface area (Å²) in [6.45, 7) is 10.3. The van der Waals surface area contributed by atoms with Crippen molar-refractivity contribution in [1.82, 2.24) is 20.3 Å². The third-order valence-corrected chi connectivity index (χ3v) is 2.54. The van der Waals surface area contributed by atoms with Gasteiger partial charge in [0.25, 0.3) is 0 Å². The molecule has 1 heterocycles. The molecule has 0 amide bonds. The molecule has 1 aromatic rings. The molecule has 0 aliphatic carbocycles. The first-order valence-corrected chi connectivity index (χ1v) is 7.13. The van der Waals surface area contributed by atoms with Crippen molar-refractivity contribution in [3.63, 3.8) is 0 Å². The summed E-state index contributed by atoms with van der Waals surface area (Å²) in [4.78, 5) is 0. The number of hydrogen-bond donors (Lipinski definition) is 1. The van der Waals surface area contributed by atoms with E-state index in [1.165, 1.54) is 0 Å². The maximum absolute atomic E-state index is 5.44. The molecule has 1 rings (SSSR count). The van der Waals surface area contributed by atoms with Crippen molar-refractivity contribution in [2.75, 3.05) is 52.7 Å². The quantitative estimate of drug-likeness (QED) is 0.524. The van der Waals surface area contributed by atoms with Crippen LogP contribution in [0, 0.1) is 6.92 Å². The molecule has 0 radical (unpaired) electrons. The van der Waals surface area contributed by atoms with Crippen LogP contribution in [0.5, 0.6) is 0 Å². The minimum atomic E-state index is 0.588. The molecular weight excluding hydrogens is 260 g/mol. The van der Waals surface area contributed by atoms with Crippen molar-refractivity contribution < 1.29 is 14.2 Å². The Hall–Kier alpha value is -1.02. The van der Waals surface area contributed by atoms with Gasteiger partial charge in [0.1, 0.15) is 0 Å². The minimum Gasteiger partial charge on any atom is -0.378 e. The summed E-state index contributed by atoms with van der Waals surface area (Å²) in [7, 11) is 0. The van der Waals surface area contributed by atoms with Crippen LogP contribution in [0.4, 0.5) is 0 Å². The van der Waals surface area contributed by atoms with E-state index in [-0.39, 0.29) is 0 Å². The minimum absolute atomic E-state index is 0.588. The van der Waals surface area contributed by atoms with Gasteiger partial charge in [-0.3, -0.25) is 0 Å². The Bertz CT molecular complexity index is 333. The molecule has 0 aliphatic rings. The zero-order valence-corrected chi connectivity index (χ0v) is 12.5. The first-order chi connectivity index (χ1) is 9.83. The van der Waals surface area contributed by atoms with E-state index in [1.807, 2.05) is 13.1 Å². The van der Waals surface area contributed by atoms with Gasteiger partial charge in [-0.05, 0) is 13.5 Å². The third kappa shape index (κ3) is 8.98. The fraction of sp³-hybridized carbons (Fsp3) is 0.846. The predicted molar refractivity (Wildman–Crippen MR) is 75.8 cm³/mol. The van der Waals surface area contributed by atoms with E-state index in [0.29, 0.717) is 39.6 Å². The molecule has 0 aromatic carbocycles. The third-order valence-electron chi connectivity index (χ3n) is 2.54. The molecule has 7 heteroatoms. The molecule has 0 bridgehead atoms. The van der Waals surface area contributed by atoms with Crippen molar-refractivity contribution in [3.8, 4) is 0 Å². The van der Waals surface area contributed by atoms with Crippen LogP contribution >= 0.6 is 0 Å². The molecule has 7 nitrogen and oxygen atoms in total. The molecule has 0 spiro atoms. The Morgan fingerprint density at radius 3 is 2.30 bits per heavy atom. The van der Waals surface area contributed by atoms with Gasteiger partial charge in [0.15, 0.2) is 0 Å². The Kier molecular flexibility index (Phi) is 10.0. The Morgan fingerprint density at radius 2 is 1.70 bits per heavy atom. The highest BCUT2D eigenvalue weighted by Gasteiger charge is 1.95. The second-order valence-electron chi connectivity index (χ2n) is 4.31. The van der Waals surface area contributed by atoms with Crippen LogP contribution < -0.4 is 5.32 Å². The zero-order valence-electron chi connectivity index (χ0n) is 12.5. The van der Waals surface area contributed by atoms with Crippen molar-refractivity contribution >= 4 is 0 Å². The lowest BCUT2D eigenvalue weighted by molar-refractivity contribution is 0.0133. The average Bonchev–Trinajstić information content (AvgIpc) is 2.86. The first-order valence-electron chi connectivity index (χ1n) is 7.13. The molecular formula is C13H26N4O3. The average molecular weight is 286 g/mol. The lowest BCUT2D eigenvalue weighted by atomic mass is 10.5. The van der Waals surface area contributed by atoms with Gasteiger partial charge >= 0.3 is 0 Å². The summed E-state index contributed by atoms with van der Waals surface area (Å²) < 4.78 is 18.0. The second-order valence-corrected chi connectivity index (χ2v) is 4.31. The maximum atomic E-state index is 5.44. The van der Waals surface area contributed by atoms with Crippen LogP contribution in [0.2, 0.25) is 0 Å². The van der Waals surface area contributed by atoms with Gasteiger partial charge in [0.2, 0.25) is 0 Å². The van der Waals surface area contributed by atoms with E-state index in [2.05, 4.69) is 22.6 Å². The van der Waals surface area contributed by atoms with Crippen molar-refractivity contribution in [2.24, 2.45) is 0 Å². The summed E-state index contributed by atoms with van der Waals surface area (Å²) in [5.74, 6) is 0. The smallest absolute Gasteiger partial charge is 0.0796 e. The molecule has 1 aromatic heterocycles. The Labute approximate surface area is 120 Å². The van der Waals surface area contributed by atoms with Crippen molar-refractivity contribution in [3.05, 3.63) is 11.9 Å². The molecule has 0 atom stereocenters. The molecule has 0 saturated carbocycles. The molecule has 116 valence electrons. The van der Waals surface area contributed by atoms with Crippen LogP contribution in [0.15, 0.2) is 6.20 Å². The van der Waals surface area contributed by atoms with E-state index in [0.717, 1.165) is 25.4 Å². The number of nitrogens with zero attached hydrogens (tertiary/aromatic N) is 3. The summed E-state index contributed by atoms with van der Waals surface area (Å²) in [6, 6.07) is 0. The zero-order chi connectivity index (χ0) is 14.5.